The van der Waals surface area contributed by atoms with Crippen LogP contribution in [-0.2, 0) is 9.59 Å². The van der Waals surface area contributed by atoms with Gasteiger partial charge >= 0.3 is 0 Å². The van der Waals surface area contributed by atoms with Crippen LogP contribution in [0.3, 0.4) is 0 Å². The van der Waals surface area contributed by atoms with Crippen LogP contribution in [0.1, 0.15) is 58.3 Å². The van der Waals surface area contributed by atoms with E-state index in [4.69, 9.17) is 5.11 Å². The lowest BCUT2D eigenvalue weighted by Crippen LogP contribution is -2.42. The van der Waals surface area contributed by atoms with Gasteiger partial charge in [0.2, 0.25) is 11.8 Å². The largest absolute Gasteiger partial charge is 0.396 e. The summed E-state index contributed by atoms with van der Waals surface area (Å²) in [4.78, 5) is 26.1. The van der Waals surface area contributed by atoms with Crippen LogP contribution in [-0.4, -0.2) is 34.5 Å². The van der Waals surface area contributed by atoms with E-state index in [1.807, 2.05) is 6.92 Å². The van der Waals surface area contributed by atoms with Crippen molar-refractivity contribution >= 4 is 11.8 Å². The van der Waals surface area contributed by atoms with Crippen LogP contribution in [0.5, 0.6) is 0 Å². The van der Waals surface area contributed by atoms with Crippen LogP contribution < -0.4 is 0 Å². The fourth-order valence-electron chi connectivity index (χ4n) is 3.40. The fraction of sp³-hybridized carbons (Fsp3) is 0.857. The number of hydrogen-bond donors (Lipinski definition) is 1. The zero-order valence-corrected chi connectivity index (χ0v) is 11.2. The maximum atomic E-state index is 12.5. The smallest absolute Gasteiger partial charge is 0.236 e. The third-order valence-electron chi connectivity index (χ3n) is 4.46. The van der Waals surface area contributed by atoms with E-state index in [0.717, 1.165) is 25.7 Å². The predicted molar refractivity (Wildman–Crippen MR) is 67.8 cm³/mol. The summed E-state index contributed by atoms with van der Waals surface area (Å²) in [6, 6.07) is -0.0709. The van der Waals surface area contributed by atoms with Crippen LogP contribution in [0.2, 0.25) is 0 Å². The average molecular weight is 253 g/mol. The van der Waals surface area contributed by atoms with Crippen molar-refractivity contribution in [3.05, 3.63) is 0 Å². The summed E-state index contributed by atoms with van der Waals surface area (Å²) >= 11 is 0. The van der Waals surface area contributed by atoms with Gasteiger partial charge in [-0.2, -0.15) is 0 Å². The van der Waals surface area contributed by atoms with Gasteiger partial charge in [-0.05, 0) is 32.6 Å². The number of carbonyl (C=O) groups excluding carboxylic acids is 2. The topological polar surface area (TPSA) is 57.6 Å². The van der Waals surface area contributed by atoms with Crippen molar-refractivity contribution < 1.29 is 14.7 Å². The van der Waals surface area contributed by atoms with Crippen molar-refractivity contribution in [3.8, 4) is 0 Å². The van der Waals surface area contributed by atoms with Crippen LogP contribution in [0.25, 0.3) is 0 Å². The van der Waals surface area contributed by atoms with Gasteiger partial charge in [-0.3, -0.25) is 14.5 Å². The van der Waals surface area contributed by atoms with Crippen LogP contribution >= 0.6 is 0 Å². The maximum absolute atomic E-state index is 12.5. The number of carbonyl (C=O) groups is 2. The number of aliphatic hydroxyl groups is 1. The number of likely N-dealkylation sites (tertiary alicyclic amines) is 1. The van der Waals surface area contributed by atoms with Crippen molar-refractivity contribution in [2.45, 2.75) is 64.3 Å². The molecule has 2 aliphatic rings. The highest BCUT2D eigenvalue weighted by atomic mass is 16.3. The van der Waals surface area contributed by atoms with Crippen molar-refractivity contribution in [1.29, 1.82) is 0 Å². The Kier molecular flexibility index (Phi) is 4.05. The number of amides is 2. The molecule has 0 radical (unpaired) electrons. The van der Waals surface area contributed by atoms with E-state index in [9.17, 15) is 9.59 Å². The minimum atomic E-state index is -0.372. The quantitative estimate of drug-likeness (QED) is 0.778. The Morgan fingerprint density at radius 1 is 1.28 bits per heavy atom. The molecule has 102 valence electrons. The first-order chi connectivity index (χ1) is 8.60. The molecular formula is C14H23NO3. The van der Waals surface area contributed by atoms with Crippen molar-refractivity contribution in [2.24, 2.45) is 5.41 Å². The Labute approximate surface area is 108 Å². The Morgan fingerprint density at radius 3 is 2.56 bits per heavy atom. The van der Waals surface area contributed by atoms with Crippen LogP contribution in [0.4, 0.5) is 0 Å². The standard InChI is InChI=1S/C14H23NO3/c1-11(6-5-9-16)15-12(17)10-14(13(15)18)7-3-2-4-8-14/h11,16H,2-10H2,1H3. The van der Waals surface area contributed by atoms with E-state index in [2.05, 4.69) is 0 Å². The number of aliphatic hydroxyl groups excluding tert-OH is 1. The number of imide groups is 1. The van der Waals surface area contributed by atoms with Crippen molar-refractivity contribution in [1.82, 2.24) is 4.90 Å². The molecular weight excluding hydrogens is 230 g/mol. The summed E-state index contributed by atoms with van der Waals surface area (Å²) in [5.74, 6) is 0.0463. The molecule has 0 aromatic rings. The molecule has 4 nitrogen and oxygen atoms in total. The summed E-state index contributed by atoms with van der Waals surface area (Å²) in [6.45, 7) is 2.03. The third kappa shape index (κ3) is 2.30. The van der Waals surface area contributed by atoms with Crippen molar-refractivity contribution in [3.63, 3.8) is 0 Å². The van der Waals surface area contributed by atoms with Gasteiger partial charge in [-0.25, -0.2) is 0 Å². The molecule has 1 spiro atoms. The molecule has 1 unspecified atom stereocenters. The molecule has 1 saturated heterocycles. The van der Waals surface area contributed by atoms with E-state index in [-0.39, 0.29) is 29.9 Å². The molecule has 1 N–H and O–H groups in total. The summed E-state index contributed by atoms with van der Waals surface area (Å²) < 4.78 is 0. The molecule has 0 bridgehead atoms. The highest BCUT2D eigenvalue weighted by Gasteiger charge is 2.52. The molecule has 4 heteroatoms. The number of rotatable bonds is 4. The van der Waals surface area contributed by atoms with E-state index in [0.29, 0.717) is 19.3 Å². The third-order valence-corrected chi connectivity index (χ3v) is 4.46. The van der Waals surface area contributed by atoms with Gasteiger partial charge in [-0.15, -0.1) is 0 Å². The summed E-state index contributed by atoms with van der Waals surface area (Å²) in [7, 11) is 0. The molecule has 1 saturated carbocycles. The highest BCUT2D eigenvalue weighted by molar-refractivity contribution is 6.06. The molecule has 0 aromatic carbocycles. The lowest BCUT2D eigenvalue weighted by Gasteiger charge is -2.32. The molecule has 18 heavy (non-hydrogen) atoms. The van der Waals surface area contributed by atoms with Gasteiger partial charge in [0.05, 0.1) is 5.41 Å². The first kappa shape index (κ1) is 13.5. The van der Waals surface area contributed by atoms with E-state index in [1.54, 1.807) is 0 Å². The highest BCUT2D eigenvalue weighted by Crippen LogP contribution is 2.46. The number of hydrogen-bond acceptors (Lipinski definition) is 3. The Bertz CT molecular complexity index is 334. The molecule has 2 rings (SSSR count). The van der Waals surface area contributed by atoms with Crippen LogP contribution in [0, 0.1) is 5.41 Å². The first-order valence-electron chi connectivity index (χ1n) is 7.08. The van der Waals surface area contributed by atoms with Gasteiger partial charge in [0.1, 0.15) is 0 Å². The SMILES string of the molecule is CC(CCCO)N1C(=O)CC2(CCCCC2)C1=O. The second kappa shape index (κ2) is 5.39. The minimum Gasteiger partial charge on any atom is -0.396 e. The molecule has 2 amide bonds. The molecule has 1 aliphatic carbocycles. The normalized spacial score (nSPS) is 24.9. The lowest BCUT2D eigenvalue weighted by molar-refractivity contribution is -0.144. The summed E-state index contributed by atoms with van der Waals surface area (Å²) in [6.07, 6.45) is 6.82. The van der Waals surface area contributed by atoms with Gasteiger partial charge in [-0.1, -0.05) is 19.3 Å². The monoisotopic (exact) mass is 253 g/mol. The Balaban J connectivity index is 2.08. The minimum absolute atomic E-state index is 0.00709. The maximum Gasteiger partial charge on any atom is 0.236 e. The molecule has 1 atom stereocenters. The second-order valence-corrected chi connectivity index (χ2v) is 5.80. The summed E-state index contributed by atoms with van der Waals surface area (Å²) in [5, 5.41) is 8.84. The lowest BCUT2D eigenvalue weighted by atomic mass is 9.73. The first-order valence-corrected chi connectivity index (χ1v) is 7.08. The fourth-order valence-corrected chi connectivity index (χ4v) is 3.40. The average Bonchev–Trinajstić information content (AvgIpc) is 2.59. The molecule has 2 fully saturated rings. The van der Waals surface area contributed by atoms with E-state index < -0.39 is 0 Å². The predicted octanol–water partition coefficient (Wildman–Crippen LogP) is 1.86. The van der Waals surface area contributed by atoms with Crippen molar-refractivity contribution in [2.75, 3.05) is 6.61 Å². The Morgan fingerprint density at radius 2 is 1.94 bits per heavy atom. The number of nitrogens with zero attached hydrogens (tertiary/aromatic N) is 1. The zero-order chi connectivity index (χ0) is 13.2. The van der Waals surface area contributed by atoms with Gasteiger partial charge in [0.15, 0.2) is 0 Å². The van der Waals surface area contributed by atoms with Gasteiger partial charge in [0.25, 0.3) is 0 Å². The second-order valence-electron chi connectivity index (χ2n) is 5.80. The molecule has 0 aromatic heterocycles. The summed E-state index contributed by atoms with van der Waals surface area (Å²) in [5.41, 5.74) is -0.372. The van der Waals surface area contributed by atoms with Crippen LogP contribution in [0.15, 0.2) is 0 Å². The Hall–Kier alpha value is -0.900. The molecule has 1 heterocycles. The van der Waals surface area contributed by atoms with E-state index in [1.165, 1.54) is 11.3 Å². The van der Waals surface area contributed by atoms with Gasteiger partial charge < -0.3 is 5.11 Å². The van der Waals surface area contributed by atoms with E-state index >= 15 is 0 Å². The zero-order valence-electron chi connectivity index (χ0n) is 11.2. The van der Waals surface area contributed by atoms with Gasteiger partial charge in [0, 0.05) is 19.1 Å². The molecule has 1 aliphatic heterocycles.